The molecule has 3 aromatic rings. The van der Waals surface area contributed by atoms with E-state index >= 15 is 0 Å². The maximum Gasteiger partial charge on any atom is 0.237 e. The number of anilines is 1. The Labute approximate surface area is 157 Å². The normalized spacial score (nSPS) is 12.2. The minimum Gasteiger partial charge on any atom is -0.461 e. The molecule has 0 radical (unpaired) electrons. The van der Waals surface area contributed by atoms with E-state index in [4.69, 9.17) is 4.42 Å². The van der Waals surface area contributed by atoms with E-state index in [1.807, 2.05) is 62.6 Å². The van der Waals surface area contributed by atoms with Gasteiger partial charge in [0.2, 0.25) is 5.91 Å². The Kier molecular flexibility index (Phi) is 5.46. The number of carbonyl (C=O) groups excluding carboxylic acids is 1. The Morgan fingerprint density at radius 2 is 2.12 bits per heavy atom. The van der Waals surface area contributed by atoms with Crippen LogP contribution in [-0.2, 0) is 11.3 Å². The second-order valence-electron chi connectivity index (χ2n) is 6.10. The molecule has 0 fully saturated rings. The molecule has 1 aromatic carbocycles. The molecule has 2 aromatic heterocycles. The van der Waals surface area contributed by atoms with Gasteiger partial charge in [-0.2, -0.15) is 0 Å². The number of nitrogens with one attached hydrogen (secondary N) is 1. The number of furan rings is 1. The lowest BCUT2D eigenvalue weighted by atomic mass is 10.1. The number of benzene rings is 1. The van der Waals surface area contributed by atoms with Gasteiger partial charge in [-0.15, -0.1) is 10.2 Å². The highest BCUT2D eigenvalue weighted by Crippen LogP contribution is 2.28. The third-order valence-electron chi connectivity index (χ3n) is 4.08. The molecular weight excluding hydrogens is 348 g/mol. The zero-order valence-corrected chi connectivity index (χ0v) is 16.1. The van der Waals surface area contributed by atoms with Gasteiger partial charge in [-0.1, -0.05) is 23.9 Å². The van der Waals surface area contributed by atoms with Crippen molar-refractivity contribution in [2.24, 2.45) is 0 Å². The Morgan fingerprint density at radius 3 is 2.81 bits per heavy atom. The molecule has 0 bridgehead atoms. The summed E-state index contributed by atoms with van der Waals surface area (Å²) in [4.78, 5) is 12.6. The summed E-state index contributed by atoms with van der Waals surface area (Å²) in [7, 11) is 0. The SMILES string of the molecule is CCn1c(SC(C)C(=O)Nc2cc(C)ccc2C)nnc1-c1ccco1. The molecule has 1 unspecified atom stereocenters. The lowest BCUT2D eigenvalue weighted by Crippen LogP contribution is -2.23. The highest BCUT2D eigenvalue weighted by Gasteiger charge is 2.21. The van der Waals surface area contributed by atoms with Crippen molar-refractivity contribution in [1.29, 1.82) is 0 Å². The quantitative estimate of drug-likeness (QED) is 0.655. The van der Waals surface area contributed by atoms with Crippen molar-refractivity contribution in [2.75, 3.05) is 5.32 Å². The maximum atomic E-state index is 12.6. The van der Waals surface area contributed by atoms with Gasteiger partial charge in [0, 0.05) is 12.2 Å². The van der Waals surface area contributed by atoms with Gasteiger partial charge < -0.3 is 9.73 Å². The summed E-state index contributed by atoms with van der Waals surface area (Å²) in [6.07, 6.45) is 1.61. The van der Waals surface area contributed by atoms with Gasteiger partial charge in [0.05, 0.1) is 11.5 Å². The summed E-state index contributed by atoms with van der Waals surface area (Å²) in [5.41, 5.74) is 2.99. The van der Waals surface area contributed by atoms with Crippen LogP contribution in [0.2, 0.25) is 0 Å². The molecule has 0 saturated heterocycles. The second kappa shape index (κ2) is 7.78. The van der Waals surface area contributed by atoms with Gasteiger partial charge in [0.15, 0.2) is 16.7 Å². The Balaban J connectivity index is 1.74. The number of amides is 1. The zero-order valence-electron chi connectivity index (χ0n) is 15.3. The molecule has 1 atom stereocenters. The molecule has 0 aliphatic heterocycles. The van der Waals surface area contributed by atoms with E-state index in [2.05, 4.69) is 15.5 Å². The largest absolute Gasteiger partial charge is 0.461 e. The lowest BCUT2D eigenvalue weighted by molar-refractivity contribution is -0.115. The van der Waals surface area contributed by atoms with E-state index in [9.17, 15) is 4.79 Å². The first kappa shape index (κ1) is 18.3. The van der Waals surface area contributed by atoms with Gasteiger partial charge >= 0.3 is 0 Å². The first-order chi connectivity index (χ1) is 12.5. The molecule has 7 heteroatoms. The number of carbonyl (C=O) groups is 1. The van der Waals surface area contributed by atoms with Crippen LogP contribution in [0.15, 0.2) is 46.2 Å². The minimum atomic E-state index is -0.311. The molecule has 26 heavy (non-hydrogen) atoms. The van der Waals surface area contributed by atoms with E-state index < -0.39 is 0 Å². The summed E-state index contributed by atoms with van der Waals surface area (Å²) in [5, 5.41) is 11.9. The third-order valence-corrected chi connectivity index (χ3v) is 5.16. The van der Waals surface area contributed by atoms with Crippen LogP contribution in [0.4, 0.5) is 5.69 Å². The van der Waals surface area contributed by atoms with Crippen molar-refractivity contribution in [1.82, 2.24) is 14.8 Å². The lowest BCUT2D eigenvalue weighted by Gasteiger charge is -2.14. The standard InChI is InChI=1S/C19H22N4O2S/c1-5-23-17(16-7-6-10-25-16)21-22-19(23)26-14(4)18(24)20-15-11-12(2)8-9-13(15)3/h6-11,14H,5H2,1-4H3,(H,20,24). The fraction of sp³-hybridized carbons (Fsp3) is 0.316. The second-order valence-corrected chi connectivity index (χ2v) is 7.40. The van der Waals surface area contributed by atoms with Crippen LogP contribution >= 0.6 is 11.8 Å². The minimum absolute atomic E-state index is 0.0612. The Morgan fingerprint density at radius 1 is 1.31 bits per heavy atom. The predicted octanol–water partition coefficient (Wildman–Crippen LogP) is 4.29. The van der Waals surface area contributed by atoms with E-state index in [1.165, 1.54) is 11.8 Å². The smallest absolute Gasteiger partial charge is 0.237 e. The fourth-order valence-corrected chi connectivity index (χ4v) is 3.48. The number of thioether (sulfide) groups is 1. The Hall–Kier alpha value is -2.54. The number of rotatable bonds is 6. The van der Waals surface area contributed by atoms with Crippen molar-refractivity contribution in [3.05, 3.63) is 47.7 Å². The van der Waals surface area contributed by atoms with Gasteiger partial charge in [-0.25, -0.2) is 0 Å². The number of nitrogens with zero attached hydrogens (tertiary/aromatic N) is 3. The first-order valence-electron chi connectivity index (χ1n) is 8.51. The van der Waals surface area contributed by atoms with Gasteiger partial charge in [-0.3, -0.25) is 9.36 Å². The summed E-state index contributed by atoms with van der Waals surface area (Å²) in [6, 6.07) is 9.68. The molecule has 2 heterocycles. The number of hydrogen-bond donors (Lipinski definition) is 1. The molecule has 1 amide bonds. The van der Waals surface area contributed by atoms with E-state index in [0.29, 0.717) is 23.3 Å². The van der Waals surface area contributed by atoms with Crippen LogP contribution < -0.4 is 5.32 Å². The summed E-state index contributed by atoms with van der Waals surface area (Å²) in [6.45, 7) is 8.56. The van der Waals surface area contributed by atoms with Gasteiger partial charge in [0.1, 0.15) is 0 Å². The van der Waals surface area contributed by atoms with Gasteiger partial charge in [0.25, 0.3) is 0 Å². The van der Waals surface area contributed by atoms with Crippen molar-refractivity contribution >= 4 is 23.4 Å². The molecule has 6 nitrogen and oxygen atoms in total. The highest BCUT2D eigenvalue weighted by molar-refractivity contribution is 8.00. The van der Waals surface area contributed by atoms with Gasteiger partial charge in [-0.05, 0) is 57.0 Å². The van der Waals surface area contributed by atoms with E-state index in [0.717, 1.165) is 16.8 Å². The predicted molar refractivity (Wildman–Crippen MR) is 103 cm³/mol. The summed E-state index contributed by atoms with van der Waals surface area (Å²) >= 11 is 1.39. The maximum absolute atomic E-state index is 12.6. The topological polar surface area (TPSA) is 73.0 Å². The molecule has 0 aliphatic rings. The van der Waals surface area contributed by atoms with Crippen LogP contribution in [0, 0.1) is 13.8 Å². The van der Waals surface area contributed by atoms with Crippen LogP contribution in [0.3, 0.4) is 0 Å². The average molecular weight is 370 g/mol. The zero-order chi connectivity index (χ0) is 18.7. The van der Waals surface area contributed by atoms with Crippen LogP contribution in [0.5, 0.6) is 0 Å². The van der Waals surface area contributed by atoms with Crippen molar-refractivity contribution in [2.45, 2.75) is 44.6 Å². The third kappa shape index (κ3) is 3.83. The number of aromatic nitrogens is 3. The van der Waals surface area contributed by atoms with Crippen LogP contribution in [0.25, 0.3) is 11.6 Å². The number of aryl methyl sites for hydroxylation is 2. The fourth-order valence-electron chi connectivity index (χ4n) is 2.57. The average Bonchev–Trinajstić information content (AvgIpc) is 3.27. The molecule has 3 rings (SSSR count). The molecule has 136 valence electrons. The molecular formula is C19H22N4O2S. The Bertz CT molecular complexity index is 902. The van der Waals surface area contributed by atoms with E-state index in [1.54, 1.807) is 6.26 Å². The molecule has 0 aliphatic carbocycles. The summed E-state index contributed by atoms with van der Waals surface area (Å²) in [5.74, 6) is 1.27. The van der Waals surface area contributed by atoms with Crippen LogP contribution in [-0.4, -0.2) is 25.9 Å². The molecule has 0 spiro atoms. The summed E-state index contributed by atoms with van der Waals surface area (Å²) < 4.78 is 7.37. The highest BCUT2D eigenvalue weighted by atomic mass is 32.2. The first-order valence-corrected chi connectivity index (χ1v) is 9.39. The van der Waals surface area contributed by atoms with Crippen molar-refractivity contribution < 1.29 is 9.21 Å². The number of hydrogen-bond acceptors (Lipinski definition) is 5. The van der Waals surface area contributed by atoms with Crippen LogP contribution in [0.1, 0.15) is 25.0 Å². The van der Waals surface area contributed by atoms with E-state index in [-0.39, 0.29) is 11.2 Å². The molecule has 0 saturated carbocycles. The van der Waals surface area contributed by atoms with Crippen molar-refractivity contribution in [3.8, 4) is 11.6 Å². The monoisotopic (exact) mass is 370 g/mol. The van der Waals surface area contributed by atoms with Crippen molar-refractivity contribution in [3.63, 3.8) is 0 Å². The molecule has 1 N–H and O–H groups in total.